The van der Waals surface area contributed by atoms with Gasteiger partial charge in [-0.3, -0.25) is 4.79 Å². The molecule has 2 aromatic carbocycles. The third-order valence-corrected chi connectivity index (χ3v) is 9.21. The largest absolute Gasteiger partial charge is 0.454 e. The molecule has 7 nitrogen and oxygen atoms in total. The lowest BCUT2D eigenvalue weighted by atomic mass is 9.68. The van der Waals surface area contributed by atoms with Gasteiger partial charge in [-0.25, -0.2) is 0 Å². The van der Waals surface area contributed by atoms with E-state index in [1.807, 2.05) is 35.2 Å². The number of amides is 1. The standard InChI is InChI=1S/C28H33N3O4/c29-25-21-8-6-17(10-18-7-9-23-24(12-18)35-16-34-23)11-22(21)28(33,19-4-2-1-3-5-19)26(32)31(25)27-13-20(27)14-30-15-27/h6-9,11-12,19-20,25,30,33H,1-5,10,13-16,29H2/t20-,25?,27?,28-/m0/s1. The van der Waals surface area contributed by atoms with Gasteiger partial charge in [-0.05, 0) is 60.4 Å². The summed E-state index contributed by atoms with van der Waals surface area (Å²) in [7, 11) is 0. The first-order valence-electron chi connectivity index (χ1n) is 13.0. The van der Waals surface area contributed by atoms with E-state index >= 15 is 0 Å². The number of rotatable bonds is 4. The van der Waals surface area contributed by atoms with Crippen LogP contribution in [0.2, 0.25) is 0 Å². The van der Waals surface area contributed by atoms with Gasteiger partial charge >= 0.3 is 0 Å². The number of nitrogens with two attached hydrogens (primary N) is 1. The summed E-state index contributed by atoms with van der Waals surface area (Å²) in [5.74, 6) is 1.69. The number of hydrogen-bond acceptors (Lipinski definition) is 6. The molecule has 3 fully saturated rings. The zero-order valence-corrected chi connectivity index (χ0v) is 20.0. The molecule has 1 amide bonds. The number of aliphatic hydroxyl groups is 1. The molecule has 2 aromatic rings. The monoisotopic (exact) mass is 475 g/mol. The molecule has 4 atom stereocenters. The Kier molecular flexibility index (Phi) is 4.76. The quantitative estimate of drug-likeness (QED) is 0.629. The highest BCUT2D eigenvalue weighted by atomic mass is 16.7. The molecular formula is C28H33N3O4. The maximum absolute atomic E-state index is 14.3. The second kappa shape index (κ2) is 7.69. The van der Waals surface area contributed by atoms with E-state index in [9.17, 15) is 9.90 Å². The Morgan fingerprint density at radius 3 is 2.57 bits per heavy atom. The third kappa shape index (κ3) is 3.11. The van der Waals surface area contributed by atoms with E-state index in [1.54, 1.807) is 0 Å². The van der Waals surface area contributed by atoms with Gasteiger partial charge in [0, 0.05) is 24.6 Å². The minimum Gasteiger partial charge on any atom is -0.454 e. The number of carbonyl (C=O) groups excluding carboxylic acids is 1. The smallest absolute Gasteiger partial charge is 0.261 e. The van der Waals surface area contributed by atoms with E-state index < -0.39 is 11.8 Å². The van der Waals surface area contributed by atoms with Gasteiger partial charge in [0.2, 0.25) is 6.79 Å². The summed E-state index contributed by atoms with van der Waals surface area (Å²) < 4.78 is 11.0. The topological polar surface area (TPSA) is 97.0 Å². The van der Waals surface area contributed by atoms with Crippen molar-refractivity contribution in [2.45, 2.75) is 62.3 Å². The van der Waals surface area contributed by atoms with Gasteiger partial charge in [0.05, 0.1) is 5.54 Å². The molecule has 2 aliphatic carbocycles. The molecule has 2 saturated carbocycles. The van der Waals surface area contributed by atoms with Gasteiger partial charge < -0.3 is 30.5 Å². The molecule has 184 valence electrons. The normalized spacial score (nSPS) is 33.5. The number of benzene rings is 2. The molecule has 2 unspecified atom stereocenters. The number of piperidine rings is 1. The first-order valence-corrected chi connectivity index (χ1v) is 13.0. The Morgan fingerprint density at radius 1 is 1.03 bits per heavy atom. The predicted molar refractivity (Wildman–Crippen MR) is 130 cm³/mol. The highest BCUT2D eigenvalue weighted by Crippen LogP contribution is 2.57. The Balaban J connectivity index is 1.30. The summed E-state index contributed by atoms with van der Waals surface area (Å²) in [6.07, 6.45) is 6.10. The Bertz CT molecular complexity index is 1190. The Hall–Kier alpha value is -2.61. The lowest BCUT2D eigenvalue weighted by Crippen LogP contribution is -2.63. The number of hydrogen-bond donors (Lipinski definition) is 3. The zero-order valence-electron chi connectivity index (χ0n) is 20.0. The molecule has 0 bridgehead atoms. The van der Waals surface area contributed by atoms with Crippen LogP contribution in [0.3, 0.4) is 0 Å². The summed E-state index contributed by atoms with van der Waals surface area (Å²) in [5, 5.41) is 15.8. The van der Waals surface area contributed by atoms with Crippen molar-refractivity contribution < 1.29 is 19.4 Å². The number of carbonyl (C=O) groups is 1. The molecule has 35 heavy (non-hydrogen) atoms. The lowest BCUT2D eigenvalue weighted by molar-refractivity contribution is -0.171. The second-order valence-corrected chi connectivity index (χ2v) is 11.1. The molecule has 0 aromatic heterocycles. The van der Waals surface area contributed by atoms with E-state index in [4.69, 9.17) is 15.2 Å². The van der Waals surface area contributed by atoms with Crippen molar-refractivity contribution in [3.63, 3.8) is 0 Å². The van der Waals surface area contributed by atoms with Crippen molar-refractivity contribution in [2.24, 2.45) is 17.6 Å². The van der Waals surface area contributed by atoms with Crippen molar-refractivity contribution in [3.8, 4) is 11.5 Å². The van der Waals surface area contributed by atoms with Crippen molar-refractivity contribution in [1.82, 2.24) is 10.2 Å². The van der Waals surface area contributed by atoms with Gasteiger partial charge in [-0.15, -0.1) is 0 Å². The van der Waals surface area contributed by atoms with Gasteiger partial charge in [0.15, 0.2) is 17.1 Å². The van der Waals surface area contributed by atoms with Crippen LogP contribution in [0.15, 0.2) is 36.4 Å². The van der Waals surface area contributed by atoms with Crippen LogP contribution in [0.1, 0.15) is 66.9 Å². The van der Waals surface area contributed by atoms with Gasteiger partial charge in [0.25, 0.3) is 5.91 Å². The average molecular weight is 476 g/mol. The molecule has 1 saturated heterocycles. The molecule has 7 heteroatoms. The summed E-state index contributed by atoms with van der Waals surface area (Å²) in [5.41, 5.74) is 8.80. The first-order chi connectivity index (χ1) is 17.0. The molecule has 7 rings (SSSR count). The lowest BCUT2D eigenvalue weighted by Gasteiger charge is -2.50. The van der Waals surface area contributed by atoms with Crippen LogP contribution in [0.5, 0.6) is 11.5 Å². The number of fused-ring (bicyclic) bond motifs is 3. The van der Waals surface area contributed by atoms with Crippen LogP contribution in [-0.2, 0) is 16.8 Å². The number of ether oxygens (including phenoxy) is 2. The van der Waals surface area contributed by atoms with E-state index in [1.165, 1.54) is 0 Å². The Morgan fingerprint density at radius 2 is 1.80 bits per heavy atom. The van der Waals surface area contributed by atoms with Crippen LogP contribution in [0.4, 0.5) is 0 Å². The summed E-state index contributed by atoms with van der Waals surface area (Å²) >= 11 is 0. The fraction of sp³-hybridized carbons (Fsp3) is 0.536. The van der Waals surface area contributed by atoms with Gasteiger partial charge in [-0.2, -0.15) is 0 Å². The summed E-state index contributed by atoms with van der Waals surface area (Å²) in [4.78, 5) is 16.1. The van der Waals surface area contributed by atoms with E-state index in [-0.39, 0.29) is 24.2 Å². The van der Waals surface area contributed by atoms with Crippen LogP contribution in [0, 0.1) is 11.8 Å². The zero-order chi connectivity index (χ0) is 23.8. The van der Waals surface area contributed by atoms with E-state index in [0.29, 0.717) is 12.3 Å². The SMILES string of the molecule is NC1c2ccc(Cc3ccc4c(c3)OCO4)cc2[C@@](O)(C2CCCCC2)C(=O)N1C12CNC[C@@H]1C2. The van der Waals surface area contributed by atoms with Crippen LogP contribution >= 0.6 is 0 Å². The molecular weight excluding hydrogens is 442 g/mol. The molecule has 5 aliphatic rings. The summed E-state index contributed by atoms with van der Waals surface area (Å²) in [6.45, 7) is 1.93. The van der Waals surface area contributed by atoms with Crippen LogP contribution < -0.4 is 20.5 Å². The molecule has 3 aliphatic heterocycles. The third-order valence-electron chi connectivity index (χ3n) is 9.21. The van der Waals surface area contributed by atoms with E-state index in [0.717, 1.165) is 85.4 Å². The molecule has 0 spiro atoms. The van der Waals surface area contributed by atoms with Crippen molar-refractivity contribution >= 4 is 5.91 Å². The van der Waals surface area contributed by atoms with Crippen molar-refractivity contribution in [3.05, 3.63) is 58.7 Å². The van der Waals surface area contributed by atoms with Crippen LogP contribution in [0.25, 0.3) is 0 Å². The average Bonchev–Trinajstić information content (AvgIpc) is 3.19. The fourth-order valence-corrected chi connectivity index (χ4v) is 7.24. The number of nitrogens with one attached hydrogen (secondary N) is 1. The van der Waals surface area contributed by atoms with E-state index in [2.05, 4.69) is 11.4 Å². The molecule has 4 N–H and O–H groups in total. The predicted octanol–water partition coefficient (Wildman–Crippen LogP) is 2.94. The maximum atomic E-state index is 14.3. The highest BCUT2D eigenvalue weighted by molar-refractivity contribution is 5.91. The van der Waals surface area contributed by atoms with Crippen molar-refractivity contribution in [2.75, 3.05) is 19.9 Å². The van der Waals surface area contributed by atoms with Crippen LogP contribution in [-0.4, -0.2) is 41.3 Å². The van der Waals surface area contributed by atoms with Crippen molar-refractivity contribution in [1.29, 1.82) is 0 Å². The second-order valence-electron chi connectivity index (χ2n) is 11.1. The summed E-state index contributed by atoms with van der Waals surface area (Å²) in [6, 6.07) is 12.2. The highest BCUT2D eigenvalue weighted by Gasteiger charge is 2.67. The van der Waals surface area contributed by atoms with Gasteiger partial charge in [0.1, 0.15) is 6.17 Å². The minimum absolute atomic E-state index is 0.0822. The maximum Gasteiger partial charge on any atom is 0.261 e. The van der Waals surface area contributed by atoms with Gasteiger partial charge in [-0.1, -0.05) is 43.5 Å². The minimum atomic E-state index is -1.53. The molecule has 3 heterocycles. The molecule has 0 radical (unpaired) electrons. The fourth-order valence-electron chi connectivity index (χ4n) is 7.24. The number of nitrogens with zero attached hydrogens (tertiary/aromatic N) is 1. The first kappa shape index (κ1) is 21.7. The Labute approximate surface area is 205 Å².